The Morgan fingerprint density at radius 1 is 0.315 bits per heavy atom. The van der Waals surface area contributed by atoms with Crippen LogP contribution in [0.5, 0.6) is 0 Å². The number of aryl methyl sites for hydroxylation is 1. The Hall–Kier alpha value is -6.10. The Morgan fingerprint density at radius 3 is 0.926 bits per heavy atom. The lowest BCUT2D eigenvalue weighted by Crippen LogP contribution is -2.04. The molecule has 7 rings (SSSR count). The molecule has 0 aromatic heterocycles. The van der Waals surface area contributed by atoms with Crippen molar-refractivity contribution >= 4 is 46.8 Å². The Kier molecular flexibility index (Phi) is 12.5. The molecular weight excluding hydrogens is 675 g/mol. The van der Waals surface area contributed by atoms with E-state index in [2.05, 4.69) is 182 Å². The van der Waals surface area contributed by atoms with Gasteiger partial charge in [-0.25, -0.2) is 15.0 Å². The van der Waals surface area contributed by atoms with E-state index in [1.807, 2.05) is 24.3 Å². The van der Waals surface area contributed by atoms with E-state index in [-0.39, 0.29) is 0 Å². The van der Waals surface area contributed by atoms with Gasteiger partial charge < -0.3 is 0 Å². The lowest BCUT2D eigenvalue weighted by Gasteiger charge is -2.11. The molecule has 264 valence electrons. The van der Waals surface area contributed by atoms with E-state index in [0.717, 1.165) is 86.2 Å². The van der Waals surface area contributed by atoms with Gasteiger partial charge in [0, 0.05) is 33.4 Å². The normalized spacial score (nSPS) is 10.7. The molecule has 0 N–H and O–H groups in total. The average Bonchev–Trinajstić information content (AvgIpc) is 3.25. The van der Waals surface area contributed by atoms with Crippen molar-refractivity contribution in [2.75, 3.05) is 5.75 Å². The zero-order valence-electron chi connectivity index (χ0n) is 30.3. The molecule has 0 saturated heterocycles. The van der Waals surface area contributed by atoms with Crippen LogP contribution in [0, 0.1) is 0 Å². The molecule has 4 heteroatoms. The van der Waals surface area contributed by atoms with E-state index in [9.17, 15) is 0 Å². The maximum Gasteiger partial charge on any atom is 0.0781 e. The highest BCUT2D eigenvalue weighted by molar-refractivity contribution is 7.80. The monoisotopic (exact) mass is 717 g/mol. The highest BCUT2D eigenvalue weighted by atomic mass is 32.1. The van der Waals surface area contributed by atoms with E-state index < -0.39 is 0 Å². The van der Waals surface area contributed by atoms with Gasteiger partial charge in [0.15, 0.2) is 0 Å². The summed E-state index contributed by atoms with van der Waals surface area (Å²) in [6.07, 6.45) is 4.59. The number of thiol groups is 1. The largest absolute Gasteiger partial charge is 0.248 e. The summed E-state index contributed by atoms with van der Waals surface area (Å²) in [6, 6.07) is 66.9. The van der Waals surface area contributed by atoms with Gasteiger partial charge in [-0.15, -0.1) is 0 Å². The van der Waals surface area contributed by atoms with Crippen molar-refractivity contribution in [1.29, 1.82) is 0 Å². The number of nitrogens with zero attached hydrogens (tertiary/aromatic N) is 3. The summed E-state index contributed by atoms with van der Waals surface area (Å²) in [5.41, 5.74) is 13.1. The second kappa shape index (κ2) is 18.6. The van der Waals surface area contributed by atoms with Gasteiger partial charge in [-0.3, -0.25) is 0 Å². The molecule has 0 aliphatic carbocycles. The third-order valence-corrected chi connectivity index (χ3v) is 9.57. The van der Waals surface area contributed by atoms with Gasteiger partial charge in [-0.2, -0.15) is 12.6 Å². The number of benzene rings is 7. The minimum Gasteiger partial charge on any atom is -0.248 e. The Balaban J connectivity index is 1.24. The van der Waals surface area contributed by atoms with Crippen LogP contribution in [-0.4, -0.2) is 22.9 Å². The van der Waals surface area contributed by atoms with Crippen LogP contribution < -0.4 is 0 Å². The fourth-order valence-corrected chi connectivity index (χ4v) is 6.62. The number of unbranched alkanes of at least 4 members (excludes halogenated alkanes) is 2. The number of rotatable bonds is 14. The second-order valence-electron chi connectivity index (χ2n) is 13.1. The van der Waals surface area contributed by atoms with Gasteiger partial charge >= 0.3 is 0 Å². The van der Waals surface area contributed by atoms with Crippen molar-refractivity contribution in [2.45, 2.75) is 25.7 Å². The topological polar surface area (TPSA) is 37.1 Å². The van der Waals surface area contributed by atoms with E-state index in [1.54, 1.807) is 0 Å². The molecule has 0 atom stereocenters. The average molecular weight is 718 g/mol. The Morgan fingerprint density at radius 2 is 0.611 bits per heavy atom. The van der Waals surface area contributed by atoms with Crippen molar-refractivity contribution < 1.29 is 0 Å². The maximum atomic E-state index is 5.26. The van der Waals surface area contributed by atoms with E-state index in [0.29, 0.717) is 0 Å². The van der Waals surface area contributed by atoms with Crippen LogP contribution in [-0.2, 0) is 6.42 Å². The van der Waals surface area contributed by atoms with Crippen molar-refractivity contribution in [1.82, 2.24) is 0 Å². The van der Waals surface area contributed by atoms with Crippen molar-refractivity contribution in [3.8, 4) is 0 Å². The molecule has 0 aliphatic rings. The van der Waals surface area contributed by atoms with Gasteiger partial charge in [-0.05, 0) is 67.0 Å². The summed E-state index contributed by atoms with van der Waals surface area (Å²) in [5, 5.41) is 0. The molecule has 0 aliphatic heterocycles. The van der Waals surface area contributed by atoms with Crippen molar-refractivity contribution in [2.24, 2.45) is 15.0 Å². The van der Waals surface area contributed by atoms with E-state index in [1.165, 1.54) is 18.4 Å². The minimum atomic E-state index is 0.877. The van der Waals surface area contributed by atoms with Crippen LogP contribution in [0.25, 0.3) is 0 Å². The molecule has 0 heterocycles. The third kappa shape index (κ3) is 9.65. The van der Waals surface area contributed by atoms with Crippen LogP contribution in [0.1, 0.15) is 58.2 Å². The summed E-state index contributed by atoms with van der Waals surface area (Å²) in [4.78, 5) is 15.6. The summed E-state index contributed by atoms with van der Waals surface area (Å²) >= 11 is 4.36. The molecule has 0 bridgehead atoms. The molecule has 54 heavy (non-hydrogen) atoms. The first-order valence-electron chi connectivity index (χ1n) is 18.6. The van der Waals surface area contributed by atoms with Crippen molar-refractivity contribution in [3.05, 3.63) is 233 Å². The fourth-order valence-electron chi connectivity index (χ4n) is 6.40. The summed E-state index contributed by atoms with van der Waals surface area (Å²) in [5.74, 6) is 0.944. The molecule has 0 spiro atoms. The predicted molar refractivity (Wildman–Crippen MR) is 232 cm³/mol. The van der Waals surface area contributed by atoms with Gasteiger partial charge in [0.25, 0.3) is 0 Å². The molecule has 0 radical (unpaired) electrons. The summed E-state index contributed by atoms with van der Waals surface area (Å²) < 4.78 is 0. The minimum absolute atomic E-state index is 0.877. The third-order valence-electron chi connectivity index (χ3n) is 9.25. The predicted octanol–water partition coefficient (Wildman–Crippen LogP) is 12.8. The fraction of sp³-hybridized carbons (Fsp3) is 0.100. The second-order valence-corrected chi connectivity index (χ2v) is 13.6. The van der Waals surface area contributed by atoms with Crippen LogP contribution in [0.15, 0.2) is 209 Å². The van der Waals surface area contributed by atoms with E-state index >= 15 is 0 Å². The molecule has 7 aromatic rings. The van der Waals surface area contributed by atoms with Crippen LogP contribution in [0.3, 0.4) is 0 Å². The zero-order valence-corrected chi connectivity index (χ0v) is 31.2. The van der Waals surface area contributed by atoms with Crippen LogP contribution in [0.2, 0.25) is 0 Å². The molecule has 3 nitrogen and oxygen atoms in total. The number of aliphatic imine (C=N–C) groups is 3. The van der Waals surface area contributed by atoms with Gasteiger partial charge in [0.2, 0.25) is 0 Å². The smallest absolute Gasteiger partial charge is 0.0781 e. The van der Waals surface area contributed by atoms with Gasteiger partial charge in [-0.1, -0.05) is 164 Å². The van der Waals surface area contributed by atoms with Gasteiger partial charge in [0.1, 0.15) is 0 Å². The lowest BCUT2D eigenvalue weighted by molar-refractivity contribution is 0.723. The molecule has 0 fully saturated rings. The summed E-state index contributed by atoms with van der Waals surface area (Å²) in [7, 11) is 0. The first kappa shape index (κ1) is 36.3. The zero-order chi connectivity index (χ0) is 36.8. The highest BCUT2D eigenvalue weighted by Gasteiger charge is 2.12. The lowest BCUT2D eigenvalue weighted by atomic mass is 10.00. The molecule has 7 aromatic carbocycles. The Labute approximate surface area is 325 Å². The van der Waals surface area contributed by atoms with Crippen molar-refractivity contribution in [3.63, 3.8) is 0 Å². The first-order chi connectivity index (χ1) is 26.7. The Bertz CT molecular complexity index is 2080. The van der Waals surface area contributed by atoms with E-state index in [4.69, 9.17) is 15.0 Å². The van der Waals surface area contributed by atoms with Gasteiger partial charge in [0.05, 0.1) is 34.2 Å². The highest BCUT2D eigenvalue weighted by Crippen LogP contribution is 2.26. The number of hydrogen-bond donors (Lipinski definition) is 1. The maximum absolute atomic E-state index is 5.26. The quantitative estimate of drug-likeness (QED) is 0.0661. The standard InChI is InChI=1S/C50H43N3S/c54-37-15-5-6-16-38-25-31-45(32-26-38)51-50(43-27-33-46(34-28-43)52-48(39-17-7-1-8-18-39)40-19-9-2-10-20-40)44-29-35-47(36-30-44)53-49(41-21-11-3-12-22-41)42-23-13-4-14-24-42/h1-4,7-14,17-36,54H,5-6,15-16,37H2. The SMILES string of the molecule is SCCCCCc1ccc(N=C(c2ccc(N=C(c3ccccc3)c3ccccc3)cc2)c2ccc(N=C(c3ccccc3)c3ccccc3)cc2)cc1. The molecule has 0 amide bonds. The first-order valence-corrected chi connectivity index (χ1v) is 19.3. The van der Waals surface area contributed by atoms with Crippen LogP contribution >= 0.6 is 12.6 Å². The summed E-state index contributed by atoms with van der Waals surface area (Å²) in [6.45, 7) is 0. The molecule has 0 unspecified atom stereocenters. The number of hydrogen-bond acceptors (Lipinski definition) is 4. The van der Waals surface area contributed by atoms with Crippen LogP contribution in [0.4, 0.5) is 17.1 Å². The molecule has 0 saturated carbocycles. The molecular formula is C50H43N3S.